The summed E-state index contributed by atoms with van der Waals surface area (Å²) in [4.78, 5) is 0. The largest absolute Gasteiger partial charge is 0.315 e. The molecule has 1 unspecified atom stereocenters. The fourth-order valence-corrected chi connectivity index (χ4v) is 4.60. The van der Waals surface area contributed by atoms with E-state index in [2.05, 4.69) is 26.1 Å². The lowest BCUT2D eigenvalue weighted by atomic mass is 9.94. The molecule has 1 fully saturated rings. The Morgan fingerprint density at radius 1 is 1.32 bits per heavy atom. The molecule has 0 saturated carbocycles. The van der Waals surface area contributed by atoms with Crippen LogP contribution in [0.2, 0.25) is 0 Å². The molecule has 5 heteroatoms. The highest BCUT2D eigenvalue weighted by atomic mass is 32.2. The van der Waals surface area contributed by atoms with Gasteiger partial charge in [-0.25, -0.2) is 8.42 Å². The highest BCUT2D eigenvalue weighted by molar-refractivity contribution is 7.89. The van der Waals surface area contributed by atoms with Gasteiger partial charge in [0.15, 0.2) is 0 Å². The number of hydrogen-bond donors (Lipinski definition) is 1. The van der Waals surface area contributed by atoms with Crippen LogP contribution in [-0.4, -0.2) is 44.2 Å². The minimum absolute atomic E-state index is 0.0652. The molecule has 19 heavy (non-hydrogen) atoms. The second kappa shape index (κ2) is 7.04. The van der Waals surface area contributed by atoms with E-state index in [0.717, 1.165) is 38.8 Å². The molecule has 1 saturated heterocycles. The maximum atomic E-state index is 12.6. The van der Waals surface area contributed by atoms with E-state index in [1.54, 1.807) is 4.31 Å². The van der Waals surface area contributed by atoms with Crippen molar-refractivity contribution < 1.29 is 8.42 Å². The number of nitrogens with one attached hydrogen (secondary N) is 1. The van der Waals surface area contributed by atoms with Gasteiger partial charge in [0, 0.05) is 19.1 Å². The molecular formula is C14H30N2O2S. The van der Waals surface area contributed by atoms with E-state index in [1.165, 1.54) is 0 Å². The van der Waals surface area contributed by atoms with Gasteiger partial charge in [0.25, 0.3) is 0 Å². The topological polar surface area (TPSA) is 49.4 Å². The summed E-state index contributed by atoms with van der Waals surface area (Å²) < 4.78 is 26.9. The highest BCUT2D eigenvalue weighted by Gasteiger charge is 2.31. The normalized spacial score (nSPS) is 21.8. The smallest absolute Gasteiger partial charge is 0.214 e. The van der Waals surface area contributed by atoms with Crippen molar-refractivity contribution in [1.29, 1.82) is 0 Å². The van der Waals surface area contributed by atoms with Crippen LogP contribution in [0.15, 0.2) is 0 Å². The lowest BCUT2D eigenvalue weighted by molar-refractivity contribution is 0.264. The zero-order valence-electron chi connectivity index (χ0n) is 12.9. The van der Waals surface area contributed by atoms with Gasteiger partial charge >= 0.3 is 0 Å². The van der Waals surface area contributed by atoms with Gasteiger partial charge in [0.1, 0.15) is 0 Å². The lowest BCUT2D eigenvalue weighted by Gasteiger charge is -2.34. The maximum Gasteiger partial charge on any atom is 0.214 e. The zero-order chi connectivity index (χ0) is 14.5. The predicted molar refractivity (Wildman–Crippen MR) is 80.7 cm³/mol. The molecule has 0 spiro atoms. The summed E-state index contributed by atoms with van der Waals surface area (Å²) in [5.74, 6) is 0.271. The SMILES string of the molecule is CCCN(C1CCCNC1)S(=O)(=O)CCC(C)(C)C. The number of rotatable bonds is 6. The molecule has 0 aromatic carbocycles. The van der Waals surface area contributed by atoms with E-state index in [9.17, 15) is 8.42 Å². The monoisotopic (exact) mass is 290 g/mol. The van der Waals surface area contributed by atoms with Gasteiger partial charge in [-0.3, -0.25) is 0 Å². The first-order valence-electron chi connectivity index (χ1n) is 7.46. The van der Waals surface area contributed by atoms with Crippen molar-refractivity contribution in [3.8, 4) is 0 Å². The van der Waals surface area contributed by atoms with Gasteiger partial charge in [-0.2, -0.15) is 4.31 Å². The molecule has 0 bridgehead atoms. The highest BCUT2D eigenvalue weighted by Crippen LogP contribution is 2.22. The Morgan fingerprint density at radius 3 is 2.47 bits per heavy atom. The van der Waals surface area contributed by atoms with Crippen molar-refractivity contribution in [2.24, 2.45) is 5.41 Å². The predicted octanol–water partition coefficient (Wildman–Crippen LogP) is 2.22. The number of piperidine rings is 1. The molecule has 0 aromatic heterocycles. The molecule has 0 aromatic rings. The van der Waals surface area contributed by atoms with Crippen molar-refractivity contribution in [3.05, 3.63) is 0 Å². The van der Waals surface area contributed by atoms with Gasteiger partial charge in [-0.05, 0) is 37.6 Å². The molecule has 0 radical (unpaired) electrons. The molecule has 1 rings (SSSR count). The van der Waals surface area contributed by atoms with E-state index in [0.29, 0.717) is 6.54 Å². The maximum absolute atomic E-state index is 12.6. The van der Waals surface area contributed by atoms with E-state index in [-0.39, 0.29) is 17.2 Å². The Kier molecular flexibility index (Phi) is 6.27. The van der Waals surface area contributed by atoms with Crippen molar-refractivity contribution in [3.63, 3.8) is 0 Å². The van der Waals surface area contributed by atoms with Gasteiger partial charge in [0.05, 0.1) is 5.75 Å². The molecule has 114 valence electrons. The van der Waals surface area contributed by atoms with Crippen LogP contribution in [0.25, 0.3) is 0 Å². The summed E-state index contributed by atoms with van der Waals surface area (Å²) in [6.45, 7) is 10.8. The van der Waals surface area contributed by atoms with E-state index in [1.807, 2.05) is 6.92 Å². The molecule has 1 atom stereocenters. The van der Waals surface area contributed by atoms with Crippen LogP contribution in [-0.2, 0) is 10.0 Å². The fourth-order valence-electron chi connectivity index (χ4n) is 2.40. The zero-order valence-corrected chi connectivity index (χ0v) is 13.7. The Labute approximate surface area is 119 Å². The van der Waals surface area contributed by atoms with Crippen LogP contribution in [0.1, 0.15) is 53.4 Å². The second-order valence-electron chi connectivity index (χ2n) is 6.74. The second-order valence-corrected chi connectivity index (χ2v) is 8.78. The lowest BCUT2D eigenvalue weighted by Crippen LogP contribution is -2.49. The first-order valence-corrected chi connectivity index (χ1v) is 9.07. The molecule has 1 heterocycles. The third-order valence-corrected chi connectivity index (χ3v) is 5.50. The number of nitrogens with zero attached hydrogens (tertiary/aromatic N) is 1. The fraction of sp³-hybridized carbons (Fsp3) is 1.00. The van der Waals surface area contributed by atoms with Crippen LogP contribution in [0.5, 0.6) is 0 Å². The average molecular weight is 290 g/mol. The standard InChI is InChI=1S/C14H30N2O2S/c1-5-10-16(13-7-6-9-15-12-13)19(17,18)11-8-14(2,3)4/h13,15H,5-12H2,1-4H3. The van der Waals surface area contributed by atoms with Crippen LogP contribution < -0.4 is 5.32 Å². The minimum atomic E-state index is -3.12. The van der Waals surface area contributed by atoms with Crippen LogP contribution in [0.3, 0.4) is 0 Å². The molecular weight excluding hydrogens is 260 g/mol. The Morgan fingerprint density at radius 2 is 2.00 bits per heavy atom. The summed E-state index contributed by atoms with van der Waals surface area (Å²) >= 11 is 0. The summed E-state index contributed by atoms with van der Waals surface area (Å²) in [5, 5.41) is 3.31. The Balaban J connectivity index is 2.72. The van der Waals surface area contributed by atoms with Gasteiger partial charge < -0.3 is 5.32 Å². The molecule has 1 aliphatic heterocycles. The molecule has 4 nitrogen and oxygen atoms in total. The third kappa shape index (κ3) is 5.79. The van der Waals surface area contributed by atoms with Crippen LogP contribution >= 0.6 is 0 Å². The molecule has 1 N–H and O–H groups in total. The summed E-state index contributed by atoms with van der Waals surface area (Å²) in [7, 11) is -3.12. The quantitative estimate of drug-likeness (QED) is 0.816. The average Bonchev–Trinajstić information content (AvgIpc) is 2.34. The number of hydrogen-bond acceptors (Lipinski definition) is 3. The van der Waals surface area contributed by atoms with E-state index in [4.69, 9.17) is 0 Å². The third-order valence-electron chi connectivity index (χ3n) is 3.59. The summed E-state index contributed by atoms with van der Waals surface area (Å²) in [6.07, 6.45) is 3.66. The van der Waals surface area contributed by atoms with Gasteiger partial charge in [-0.1, -0.05) is 27.7 Å². The first-order chi connectivity index (χ1) is 8.76. The molecule has 0 aliphatic carbocycles. The van der Waals surface area contributed by atoms with Gasteiger partial charge in [-0.15, -0.1) is 0 Å². The van der Waals surface area contributed by atoms with E-state index >= 15 is 0 Å². The van der Waals surface area contributed by atoms with E-state index < -0.39 is 10.0 Å². The van der Waals surface area contributed by atoms with Crippen molar-refractivity contribution in [2.45, 2.75) is 59.4 Å². The van der Waals surface area contributed by atoms with Crippen molar-refractivity contribution >= 4 is 10.0 Å². The summed E-state index contributed by atoms with van der Waals surface area (Å²) in [6, 6.07) is 0.152. The Bertz CT molecular complexity index is 354. The van der Waals surface area contributed by atoms with Crippen molar-refractivity contribution in [2.75, 3.05) is 25.4 Å². The summed E-state index contributed by atoms with van der Waals surface area (Å²) in [5.41, 5.74) is 0.0652. The Hall–Kier alpha value is -0.130. The van der Waals surface area contributed by atoms with Crippen LogP contribution in [0, 0.1) is 5.41 Å². The number of sulfonamides is 1. The molecule has 1 aliphatic rings. The minimum Gasteiger partial charge on any atom is -0.315 e. The van der Waals surface area contributed by atoms with Crippen molar-refractivity contribution in [1.82, 2.24) is 9.62 Å². The van der Waals surface area contributed by atoms with Crippen LogP contribution in [0.4, 0.5) is 0 Å². The molecule has 0 amide bonds. The first kappa shape index (κ1) is 16.9. The van der Waals surface area contributed by atoms with Gasteiger partial charge in [0.2, 0.25) is 10.0 Å².